The molecule has 8 heavy (non-hydrogen) atoms. The molecule has 0 saturated heterocycles. The van der Waals surface area contributed by atoms with Gasteiger partial charge in [0.05, 0.1) is 0 Å². The van der Waals surface area contributed by atoms with Gasteiger partial charge in [-0.2, -0.15) is 0 Å². The van der Waals surface area contributed by atoms with Crippen LogP contribution in [0.5, 0.6) is 0 Å². The van der Waals surface area contributed by atoms with Crippen molar-refractivity contribution in [2.24, 2.45) is 0 Å². The van der Waals surface area contributed by atoms with Crippen LogP contribution < -0.4 is 4.98 Å². The molecule has 0 spiro atoms. The van der Waals surface area contributed by atoms with Gasteiger partial charge in [-0.1, -0.05) is 0 Å². The molecule has 0 saturated carbocycles. The van der Waals surface area contributed by atoms with Gasteiger partial charge in [0.25, 0.3) is 6.20 Å². The SMILES string of the molecule is N#[N+]c1ccc[nH+]c1. The molecule has 3 nitrogen and oxygen atoms in total. The summed E-state index contributed by atoms with van der Waals surface area (Å²) >= 11 is 0. The highest BCUT2D eigenvalue weighted by molar-refractivity contribution is 5.37. The van der Waals surface area contributed by atoms with E-state index in [1.807, 2.05) is 0 Å². The Hall–Kier alpha value is -1.43. The van der Waals surface area contributed by atoms with Gasteiger partial charge < -0.3 is 0 Å². The third-order valence-electron chi connectivity index (χ3n) is 0.806. The Labute approximate surface area is 46.6 Å². The zero-order valence-corrected chi connectivity index (χ0v) is 4.20. The second kappa shape index (κ2) is 2.03. The van der Waals surface area contributed by atoms with Crippen molar-refractivity contribution in [2.45, 2.75) is 0 Å². The van der Waals surface area contributed by atoms with Crippen LogP contribution >= 0.6 is 0 Å². The van der Waals surface area contributed by atoms with E-state index < -0.39 is 0 Å². The van der Waals surface area contributed by atoms with Crippen LogP contribution in [0, 0.1) is 5.39 Å². The van der Waals surface area contributed by atoms with Crippen molar-refractivity contribution in [3.8, 4) is 0 Å². The van der Waals surface area contributed by atoms with Crippen molar-refractivity contribution in [3.05, 3.63) is 29.5 Å². The average Bonchev–Trinajstić information content (AvgIpc) is 1.90. The zero-order chi connectivity index (χ0) is 5.82. The predicted octanol–water partition coefficient (Wildman–Crippen LogP) is 0.985. The van der Waals surface area contributed by atoms with Gasteiger partial charge in [-0.25, -0.2) is 4.98 Å². The number of nitrogens with one attached hydrogen (secondary N) is 1. The van der Waals surface area contributed by atoms with Gasteiger partial charge in [-0.3, -0.25) is 0 Å². The first kappa shape index (κ1) is 4.72. The fourth-order valence-corrected chi connectivity index (χ4v) is 0.446. The monoisotopic (exact) mass is 107 g/mol. The Balaban J connectivity index is 3.05. The molecule has 0 aliphatic carbocycles. The smallest absolute Gasteiger partial charge is 0.211 e. The highest BCUT2D eigenvalue weighted by Gasteiger charge is 2.02. The van der Waals surface area contributed by atoms with Crippen molar-refractivity contribution < 1.29 is 4.98 Å². The topological polar surface area (TPSA) is 42.3 Å². The van der Waals surface area contributed by atoms with E-state index in [4.69, 9.17) is 5.39 Å². The summed E-state index contributed by atoms with van der Waals surface area (Å²) in [6, 6.07) is 3.45. The molecule has 0 fully saturated rings. The molecule has 1 N–H and O–H groups in total. The second-order valence-electron chi connectivity index (χ2n) is 1.36. The number of diazo groups is 1. The quantitative estimate of drug-likeness (QED) is 0.456. The summed E-state index contributed by atoms with van der Waals surface area (Å²) in [4.78, 5) is 5.70. The van der Waals surface area contributed by atoms with Gasteiger partial charge in [0.1, 0.15) is 0 Å². The summed E-state index contributed by atoms with van der Waals surface area (Å²) in [6.07, 6.45) is 3.34. The van der Waals surface area contributed by atoms with Crippen molar-refractivity contribution in [3.63, 3.8) is 0 Å². The van der Waals surface area contributed by atoms with Gasteiger partial charge in [-0.05, 0) is 0 Å². The first-order valence-electron chi connectivity index (χ1n) is 2.24. The van der Waals surface area contributed by atoms with Crippen molar-refractivity contribution in [1.29, 1.82) is 5.39 Å². The maximum absolute atomic E-state index is 8.14. The first-order valence-corrected chi connectivity index (χ1v) is 2.24. The third kappa shape index (κ3) is 0.793. The number of nitrogens with zero attached hydrogens (tertiary/aromatic N) is 2. The molecule has 3 heteroatoms. The lowest BCUT2D eigenvalue weighted by atomic mass is 10.4. The predicted molar refractivity (Wildman–Crippen MR) is 27.7 cm³/mol. The number of hydrogen-bond acceptors (Lipinski definition) is 1. The molecule has 0 unspecified atom stereocenters. The lowest BCUT2D eigenvalue weighted by molar-refractivity contribution is -0.376. The number of aromatic nitrogens is 1. The number of rotatable bonds is 0. The molecular formula is C5H5N3+2. The lowest BCUT2D eigenvalue weighted by Crippen LogP contribution is -1.94. The molecule has 38 valence electrons. The summed E-state index contributed by atoms with van der Waals surface area (Å²) in [5.41, 5.74) is 0.535. The van der Waals surface area contributed by atoms with Gasteiger partial charge >= 0.3 is 5.69 Å². The molecule has 1 heterocycles. The standard InChI is InChI=1S/C5H4N3/c6-8-5-2-1-3-7-4-5/h1-4H/q+1/p+1. The van der Waals surface area contributed by atoms with Crippen molar-refractivity contribution >= 4 is 5.69 Å². The molecule has 0 aliphatic rings. The first-order chi connectivity index (χ1) is 3.93. The molecule has 0 aliphatic heterocycles. The van der Waals surface area contributed by atoms with E-state index in [9.17, 15) is 0 Å². The summed E-state index contributed by atoms with van der Waals surface area (Å²) in [7, 11) is 0. The fraction of sp³-hybridized carbons (Fsp3) is 0. The average molecular weight is 107 g/mol. The molecule has 0 aromatic carbocycles. The van der Waals surface area contributed by atoms with Gasteiger partial charge in [-0.15, -0.1) is 0 Å². The van der Waals surface area contributed by atoms with Crippen molar-refractivity contribution in [1.82, 2.24) is 0 Å². The summed E-state index contributed by atoms with van der Waals surface area (Å²) in [6.45, 7) is 0. The molecular weight excluding hydrogens is 102 g/mol. The van der Waals surface area contributed by atoms with Crippen LogP contribution in [0.25, 0.3) is 4.98 Å². The van der Waals surface area contributed by atoms with E-state index in [0.29, 0.717) is 5.69 Å². The minimum atomic E-state index is 0.535. The van der Waals surface area contributed by atoms with Crippen LogP contribution in [0.3, 0.4) is 0 Å². The molecule has 0 amide bonds. The van der Waals surface area contributed by atoms with Gasteiger partial charge in [0.2, 0.25) is 5.39 Å². The van der Waals surface area contributed by atoms with Crippen LogP contribution in [-0.4, -0.2) is 0 Å². The van der Waals surface area contributed by atoms with Crippen LogP contribution in [0.15, 0.2) is 24.5 Å². The summed E-state index contributed by atoms with van der Waals surface area (Å²) in [5, 5.41) is 8.14. The van der Waals surface area contributed by atoms with E-state index >= 15 is 0 Å². The van der Waals surface area contributed by atoms with E-state index in [0.717, 1.165) is 0 Å². The fourth-order valence-electron chi connectivity index (χ4n) is 0.446. The molecule has 1 aromatic rings. The normalized spacial score (nSPS) is 7.88. The Morgan fingerprint density at radius 1 is 1.62 bits per heavy atom. The van der Waals surface area contributed by atoms with Crippen LogP contribution in [-0.2, 0) is 0 Å². The highest BCUT2D eigenvalue weighted by Crippen LogP contribution is 2.03. The highest BCUT2D eigenvalue weighted by atomic mass is 14.9. The zero-order valence-electron chi connectivity index (χ0n) is 4.20. The Kier molecular flexibility index (Phi) is 1.20. The van der Waals surface area contributed by atoms with Gasteiger partial charge in [0.15, 0.2) is 11.2 Å². The van der Waals surface area contributed by atoms with Gasteiger partial charge in [0, 0.05) is 12.1 Å². The van der Waals surface area contributed by atoms with Crippen LogP contribution in [0.2, 0.25) is 0 Å². The maximum atomic E-state index is 8.14. The number of hydrogen-bond donors (Lipinski definition) is 0. The van der Waals surface area contributed by atoms with E-state index in [1.165, 1.54) is 0 Å². The molecule has 0 bridgehead atoms. The van der Waals surface area contributed by atoms with E-state index in [-0.39, 0.29) is 0 Å². The Bertz CT molecular complexity index is 199. The van der Waals surface area contributed by atoms with Crippen LogP contribution in [0.4, 0.5) is 5.69 Å². The summed E-state index contributed by atoms with van der Waals surface area (Å²) in [5.74, 6) is 0. The number of aromatic amines is 1. The molecule has 1 rings (SSSR count). The maximum Gasteiger partial charge on any atom is 0.447 e. The number of pyridine rings is 1. The second-order valence-corrected chi connectivity index (χ2v) is 1.36. The molecule has 0 radical (unpaired) electrons. The lowest BCUT2D eigenvalue weighted by Gasteiger charge is -1.62. The van der Waals surface area contributed by atoms with Crippen LogP contribution in [0.1, 0.15) is 0 Å². The van der Waals surface area contributed by atoms with E-state index in [2.05, 4.69) is 9.96 Å². The van der Waals surface area contributed by atoms with E-state index in [1.54, 1.807) is 24.5 Å². The minimum Gasteiger partial charge on any atom is -0.211 e. The molecule has 0 atom stereocenters. The third-order valence-corrected chi connectivity index (χ3v) is 0.806. The Morgan fingerprint density at radius 3 is 2.88 bits per heavy atom. The Morgan fingerprint density at radius 2 is 2.50 bits per heavy atom. The minimum absolute atomic E-state index is 0.535. The summed E-state index contributed by atoms with van der Waals surface area (Å²) < 4.78 is 0. The molecule has 1 aromatic heterocycles. The van der Waals surface area contributed by atoms with Crippen molar-refractivity contribution in [2.75, 3.05) is 0 Å². The number of H-pyrrole nitrogens is 1. The largest absolute Gasteiger partial charge is 0.447 e.